The summed E-state index contributed by atoms with van der Waals surface area (Å²) in [6.45, 7) is 2.01. The van der Waals surface area contributed by atoms with Gasteiger partial charge in [0.2, 0.25) is 0 Å². The zero-order chi connectivity index (χ0) is 12.0. The molecule has 0 aliphatic rings. The van der Waals surface area contributed by atoms with E-state index < -0.39 is 4.92 Å². The quantitative estimate of drug-likeness (QED) is 0.468. The number of aromatic nitrogens is 1. The Balaban J connectivity index is 2.88. The Kier molecular flexibility index (Phi) is 4.28. The monoisotopic (exact) mass is 219 g/mol. The van der Waals surface area contributed by atoms with Gasteiger partial charge in [0.1, 0.15) is 11.9 Å². The standard InChI is InChI=1S/C11H13N3O2/c1-3-5-9(4-2)13-10-6-7-12-8-11(10)14(15)16/h2,6-9H,3,5H2,1H3,(H,12,13). The molecule has 84 valence electrons. The molecule has 0 spiro atoms. The van der Waals surface area contributed by atoms with Gasteiger partial charge in [-0.3, -0.25) is 15.1 Å². The van der Waals surface area contributed by atoms with E-state index in [-0.39, 0.29) is 11.7 Å². The Labute approximate surface area is 94.0 Å². The highest BCUT2D eigenvalue weighted by Crippen LogP contribution is 2.23. The van der Waals surface area contributed by atoms with Gasteiger partial charge in [-0.25, -0.2) is 0 Å². The van der Waals surface area contributed by atoms with Crippen LogP contribution in [0, 0.1) is 22.5 Å². The van der Waals surface area contributed by atoms with Crippen LogP contribution in [0.4, 0.5) is 11.4 Å². The molecule has 1 aromatic rings. The van der Waals surface area contributed by atoms with Gasteiger partial charge in [-0.1, -0.05) is 19.3 Å². The van der Waals surface area contributed by atoms with Crippen LogP contribution < -0.4 is 5.32 Å². The van der Waals surface area contributed by atoms with E-state index in [1.54, 1.807) is 6.07 Å². The summed E-state index contributed by atoms with van der Waals surface area (Å²) in [5.74, 6) is 2.56. The first-order chi connectivity index (χ1) is 7.69. The summed E-state index contributed by atoms with van der Waals surface area (Å²) in [6.07, 6.45) is 9.73. The fraction of sp³-hybridized carbons (Fsp3) is 0.364. The van der Waals surface area contributed by atoms with Crippen molar-refractivity contribution in [2.24, 2.45) is 0 Å². The van der Waals surface area contributed by atoms with Crippen molar-refractivity contribution in [3.8, 4) is 12.3 Å². The van der Waals surface area contributed by atoms with Crippen LogP contribution in [0.25, 0.3) is 0 Å². The first-order valence-electron chi connectivity index (χ1n) is 5.00. The van der Waals surface area contributed by atoms with Crippen LogP contribution in [0.5, 0.6) is 0 Å². The molecule has 0 bridgehead atoms. The maximum atomic E-state index is 10.7. The molecule has 5 nitrogen and oxygen atoms in total. The lowest BCUT2D eigenvalue weighted by Crippen LogP contribution is -2.17. The second-order valence-electron chi connectivity index (χ2n) is 3.30. The maximum absolute atomic E-state index is 10.7. The molecule has 0 amide bonds. The summed E-state index contributed by atoms with van der Waals surface area (Å²) in [6, 6.07) is 1.36. The number of hydrogen-bond donors (Lipinski definition) is 1. The van der Waals surface area contributed by atoms with Crippen LogP contribution in [0.2, 0.25) is 0 Å². The van der Waals surface area contributed by atoms with Gasteiger partial charge in [-0.05, 0) is 12.5 Å². The smallest absolute Gasteiger partial charge is 0.310 e. The van der Waals surface area contributed by atoms with E-state index >= 15 is 0 Å². The van der Waals surface area contributed by atoms with Crippen LogP contribution in [0.1, 0.15) is 19.8 Å². The molecule has 0 aliphatic heterocycles. The zero-order valence-corrected chi connectivity index (χ0v) is 9.01. The van der Waals surface area contributed by atoms with Crippen molar-refractivity contribution in [3.63, 3.8) is 0 Å². The lowest BCUT2D eigenvalue weighted by molar-refractivity contribution is -0.384. The van der Waals surface area contributed by atoms with Gasteiger partial charge in [0.05, 0.1) is 11.0 Å². The van der Waals surface area contributed by atoms with Crippen molar-refractivity contribution in [1.29, 1.82) is 0 Å². The van der Waals surface area contributed by atoms with E-state index in [2.05, 4.69) is 16.2 Å². The van der Waals surface area contributed by atoms with Crippen LogP contribution >= 0.6 is 0 Å². The molecule has 16 heavy (non-hydrogen) atoms. The minimum Gasteiger partial charge on any atom is -0.366 e. The van der Waals surface area contributed by atoms with Crippen LogP contribution in [-0.4, -0.2) is 15.9 Å². The second kappa shape index (κ2) is 5.71. The lowest BCUT2D eigenvalue weighted by Gasteiger charge is -2.12. The Bertz CT molecular complexity index is 412. The summed E-state index contributed by atoms with van der Waals surface area (Å²) in [7, 11) is 0. The number of pyridine rings is 1. The molecule has 1 unspecified atom stereocenters. The minimum absolute atomic E-state index is 0.0566. The highest BCUT2D eigenvalue weighted by Gasteiger charge is 2.15. The van der Waals surface area contributed by atoms with Gasteiger partial charge in [-0.2, -0.15) is 0 Å². The molecule has 1 aromatic heterocycles. The molecule has 5 heteroatoms. The normalized spacial score (nSPS) is 11.5. The van der Waals surface area contributed by atoms with Crippen LogP contribution in [0.15, 0.2) is 18.5 Å². The van der Waals surface area contributed by atoms with Crippen molar-refractivity contribution in [3.05, 3.63) is 28.6 Å². The number of nitrogens with one attached hydrogen (secondary N) is 1. The largest absolute Gasteiger partial charge is 0.366 e. The highest BCUT2D eigenvalue weighted by molar-refractivity contribution is 5.60. The molecule has 1 N–H and O–H groups in total. The van der Waals surface area contributed by atoms with E-state index in [0.717, 1.165) is 12.8 Å². The SMILES string of the molecule is C#CC(CCC)Nc1ccncc1[N+](=O)[O-]. The molecule has 0 radical (unpaired) electrons. The third-order valence-electron chi connectivity index (χ3n) is 2.11. The van der Waals surface area contributed by atoms with Gasteiger partial charge >= 0.3 is 5.69 Å². The summed E-state index contributed by atoms with van der Waals surface area (Å²) < 4.78 is 0. The second-order valence-corrected chi connectivity index (χ2v) is 3.30. The minimum atomic E-state index is -0.477. The molecule has 0 aromatic carbocycles. The van der Waals surface area contributed by atoms with Crippen molar-refractivity contribution >= 4 is 11.4 Å². The van der Waals surface area contributed by atoms with Gasteiger partial charge in [-0.15, -0.1) is 6.42 Å². The fourth-order valence-corrected chi connectivity index (χ4v) is 1.33. The fourth-order valence-electron chi connectivity index (χ4n) is 1.33. The number of nitro groups is 1. The number of hydrogen-bond acceptors (Lipinski definition) is 4. The predicted octanol–water partition coefficient (Wildman–Crippen LogP) is 2.20. The van der Waals surface area contributed by atoms with Crippen molar-refractivity contribution in [2.75, 3.05) is 5.32 Å². The molecule has 0 aliphatic carbocycles. The summed E-state index contributed by atoms with van der Waals surface area (Å²) >= 11 is 0. The highest BCUT2D eigenvalue weighted by atomic mass is 16.6. The van der Waals surface area contributed by atoms with Crippen LogP contribution in [-0.2, 0) is 0 Å². The van der Waals surface area contributed by atoms with E-state index in [0.29, 0.717) is 5.69 Å². The number of anilines is 1. The Morgan fingerprint density at radius 2 is 2.50 bits per heavy atom. The van der Waals surface area contributed by atoms with E-state index in [1.165, 1.54) is 12.4 Å². The number of rotatable bonds is 5. The van der Waals surface area contributed by atoms with Gasteiger partial charge in [0.15, 0.2) is 0 Å². The summed E-state index contributed by atoms with van der Waals surface area (Å²) in [5.41, 5.74) is 0.357. The van der Waals surface area contributed by atoms with E-state index in [4.69, 9.17) is 6.42 Å². The Morgan fingerprint density at radius 1 is 1.75 bits per heavy atom. The van der Waals surface area contributed by atoms with Crippen molar-refractivity contribution in [2.45, 2.75) is 25.8 Å². The van der Waals surface area contributed by atoms with Crippen molar-refractivity contribution in [1.82, 2.24) is 4.98 Å². The molecular formula is C11H13N3O2. The molecule has 0 saturated heterocycles. The zero-order valence-electron chi connectivity index (χ0n) is 9.01. The molecular weight excluding hydrogens is 206 g/mol. The van der Waals surface area contributed by atoms with Gasteiger partial charge in [0.25, 0.3) is 0 Å². The first kappa shape index (κ1) is 12.0. The third-order valence-corrected chi connectivity index (χ3v) is 2.11. The Hall–Kier alpha value is -2.09. The first-order valence-corrected chi connectivity index (χ1v) is 5.00. The number of terminal acetylenes is 1. The van der Waals surface area contributed by atoms with E-state index in [9.17, 15) is 10.1 Å². The average molecular weight is 219 g/mol. The molecule has 1 heterocycles. The van der Waals surface area contributed by atoms with Gasteiger partial charge < -0.3 is 5.32 Å². The topological polar surface area (TPSA) is 68.1 Å². The van der Waals surface area contributed by atoms with Crippen molar-refractivity contribution < 1.29 is 4.92 Å². The molecule has 1 atom stereocenters. The van der Waals surface area contributed by atoms with Crippen LogP contribution in [0.3, 0.4) is 0 Å². The maximum Gasteiger partial charge on any atom is 0.310 e. The lowest BCUT2D eigenvalue weighted by atomic mass is 10.1. The van der Waals surface area contributed by atoms with E-state index in [1.807, 2.05) is 6.92 Å². The predicted molar refractivity (Wildman–Crippen MR) is 62.0 cm³/mol. The average Bonchev–Trinajstić information content (AvgIpc) is 2.29. The Morgan fingerprint density at radius 3 is 3.06 bits per heavy atom. The number of nitrogens with zero attached hydrogens (tertiary/aromatic N) is 2. The summed E-state index contributed by atoms with van der Waals surface area (Å²) in [4.78, 5) is 14.0. The molecule has 1 rings (SSSR count). The van der Waals surface area contributed by atoms with Gasteiger partial charge in [0, 0.05) is 6.20 Å². The molecule has 0 fully saturated rings. The third kappa shape index (κ3) is 2.95. The molecule has 0 saturated carbocycles. The summed E-state index contributed by atoms with van der Waals surface area (Å²) in [5, 5.41) is 13.7.